The zero-order valence-electron chi connectivity index (χ0n) is 15.0. The summed E-state index contributed by atoms with van der Waals surface area (Å²) >= 11 is 0. The largest absolute Gasteiger partial charge is 0.480 e. The Morgan fingerprint density at radius 2 is 1.65 bits per heavy atom. The van der Waals surface area contributed by atoms with Gasteiger partial charge in [-0.25, -0.2) is 4.79 Å². The molecule has 0 aliphatic heterocycles. The van der Waals surface area contributed by atoms with E-state index in [0.717, 1.165) is 0 Å². The quantitative estimate of drug-likeness (QED) is 0.175. The van der Waals surface area contributed by atoms with Crippen LogP contribution in [0.1, 0.15) is 33.1 Å². The Bertz CT molecular complexity index is 499. The van der Waals surface area contributed by atoms with Gasteiger partial charge >= 0.3 is 5.97 Å². The third-order valence-corrected chi connectivity index (χ3v) is 3.58. The summed E-state index contributed by atoms with van der Waals surface area (Å²) in [6, 6.07) is -3.24. The van der Waals surface area contributed by atoms with Crippen molar-refractivity contribution in [2.45, 2.75) is 57.3 Å². The van der Waals surface area contributed by atoms with Crippen LogP contribution in [-0.4, -0.2) is 71.2 Å². The lowest BCUT2D eigenvalue weighted by Crippen LogP contribution is -2.53. The van der Waals surface area contributed by atoms with Crippen LogP contribution in [0.4, 0.5) is 0 Å². The number of nitrogens with two attached hydrogens (primary N) is 2. The molecule has 4 atom stereocenters. The van der Waals surface area contributed by atoms with Gasteiger partial charge in [0.05, 0.1) is 12.6 Å². The second-order valence-corrected chi connectivity index (χ2v) is 5.96. The third-order valence-electron chi connectivity index (χ3n) is 3.58. The number of aliphatic hydroxyl groups is 1. The highest BCUT2D eigenvalue weighted by atomic mass is 16.4. The van der Waals surface area contributed by atoms with E-state index in [2.05, 4.69) is 16.0 Å². The number of aliphatic hydroxyl groups excluding tert-OH is 1. The Kier molecular flexibility index (Phi) is 11.1. The molecule has 0 aromatic rings. The molecule has 0 spiro atoms. The van der Waals surface area contributed by atoms with Crippen molar-refractivity contribution >= 4 is 23.7 Å². The zero-order chi connectivity index (χ0) is 20.3. The summed E-state index contributed by atoms with van der Waals surface area (Å²) in [5.74, 6) is -3.20. The molecule has 0 radical (unpaired) electrons. The van der Waals surface area contributed by atoms with Crippen molar-refractivity contribution in [1.29, 1.82) is 0 Å². The summed E-state index contributed by atoms with van der Waals surface area (Å²) < 4.78 is 0. The van der Waals surface area contributed by atoms with Gasteiger partial charge in [0.1, 0.15) is 18.1 Å². The van der Waals surface area contributed by atoms with Gasteiger partial charge in [-0.3, -0.25) is 14.4 Å². The number of carbonyl (C=O) groups is 4. The summed E-state index contributed by atoms with van der Waals surface area (Å²) in [6.45, 7) is 2.71. The van der Waals surface area contributed by atoms with Gasteiger partial charge in [0.2, 0.25) is 17.7 Å². The maximum atomic E-state index is 12.0. The van der Waals surface area contributed by atoms with Crippen LogP contribution in [0.15, 0.2) is 0 Å². The number of amides is 3. The molecule has 0 bridgehead atoms. The molecule has 0 heterocycles. The molecule has 0 saturated carbocycles. The minimum Gasteiger partial charge on any atom is -0.480 e. The first-order chi connectivity index (χ1) is 12.1. The van der Waals surface area contributed by atoms with E-state index in [0.29, 0.717) is 19.4 Å². The summed E-state index contributed by atoms with van der Waals surface area (Å²) in [6.07, 6.45) is 0.339. The molecule has 9 N–H and O–H groups in total. The highest BCUT2D eigenvalue weighted by molar-refractivity contribution is 5.92. The number of carboxylic acid groups (broad SMARTS) is 1. The lowest BCUT2D eigenvalue weighted by molar-refractivity contribution is -0.142. The van der Waals surface area contributed by atoms with Gasteiger partial charge in [-0.2, -0.15) is 0 Å². The van der Waals surface area contributed by atoms with Crippen LogP contribution in [0.25, 0.3) is 0 Å². The van der Waals surface area contributed by atoms with Gasteiger partial charge in [0, 0.05) is 0 Å². The predicted molar refractivity (Wildman–Crippen MR) is 92.7 cm³/mol. The number of hydrogen-bond donors (Lipinski definition) is 7. The molecule has 26 heavy (non-hydrogen) atoms. The van der Waals surface area contributed by atoms with Crippen molar-refractivity contribution in [3.05, 3.63) is 0 Å². The van der Waals surface area contributed by atoms with Crippen LogP contribution in [0, 0.1) is 0 Å². The third kappa shape index (κ3) is 9.30. The molecule has 0 rings (SSSR count). The van der Waals surface area contributed by atoms with Gasteiger partial charge in [-0.05, 0) is 39.7 Å². The van der Waals surface area contributed by atoms with Gasteiger partial charge in [-0.15, -0.1) is 0 Å². The van der Waals surface area contributed by atoms with E-state index in [-0.39, 0.29) is 6.42 Å². The van der Waals surface area contributed by atoms with Crippen molar-refractivity contribution in [3.8, 4) is 0 Å². The van der Waals surface area contributed by atoms with Crippen molar-refractivity contribution in [2.24, 2.45) is 11.5 Å². The second kappa shape index (κ2) is 12.2. The van der Waals surface area contributed by atoms with Crippen LogP contribution >= 0.6 is 0 Å². The SMILES string of the molecule is CC(NC(=O)CNC(=O)C(N)C(C)O)C(=O)NC(CCCCN)C(=O)O. The van der Waals surface area contributed by atoms with E-state index in [1.807, 2.05) is 0 Å². The van der Waals surface area contributed by atoms with E-state index >= 15 is 0 Å². The minimum atomic E-state index is -1.17. The van der Waals surface area contributed by atoms with E-state index in [9.17, 15) is 24.3 Å². The molecular formula is C15H29N5O6. The van der Waals surface area contributed by atoms with Crippen LogP contribution in [0.2, 0.25) is 0 Å². The Hall–Kier alpha value is -2.24. The van der Waals surface area contributed by atoms with E-state index < -0.39 is 54.5 Å². The summed E-state index contributed by atoms with van der Waals surface area (Å²) in [5, 5.41) is 25.2. The highest BCUT2D eigenvalue weighted by Crippen LogP contribution is 2.01. The first kappa shape index (κ1) is 23.8. The Morgan fingerprint density at radius 1 is 1.04 bits per heavy atom. The molecule has 0 aliphatic carbocycles. The molecule has 11 nitrogen and oxygen atoms in total. The fourth-order valence-electron chi connectivity index (χ4n) is 1.91. The molecule has 4 unspecified atom stereocenters. The normalized spacial score (nSPS) is 15.3. The Balaban J connectivity index is 4.40. The van der Waals surface area contributed by atoms with Crippen LogP contribution in [0.3, 0.4) is 0 Å². The number of carboxylic acids is 1. The fourth-order valence-corrected chi connectivity index (χ4v) is 1.91. The Labute approximate surface area is 151 Å². The summed E-state index contributed by atoms with van der Waals surface area (Å²) in [7, 11) is 0. The second-order valence-electron chi connectivity index (χ2n) is 5.96. The van der Waals surface area contributed by atoms with Crippen LogP contribution < -0.4 is 27.4 Å². The van der Waals surface area contributed by atoms with Crippen molar-refractivity contribution in [2.75, 3.05) is 13.1 Å². The average molecular weight is 375 g/mol. The molecule has 0 fully saturated rings. The maximum absolute atomic E-state index is 12.0. The summed E-state index contributed by atoms with van der Waals surface area (Å²) in [4.78, 5) is 46.4. The van der Waals surface area contributed by atoms with E-state index in [4.69, 9.17) is 16.6 Å². The van der Waals surface area contributed by atoms with Gasteiger partial charge in [0.25, 0.3) is 0 Å². The molecule has 0 saturated heterocycles. The van der Waals surface area contributed by atoms with Gasteiger partial charge < -0.3 is 37.6 Å². The average Bonchev–Trinajstić information content (AvgIpc) is 2.57. The number of rotatable bonds is 12. The molecule has 0 aromatic carbocycles. The number of carbonyl (C=O) groups excluding carboxylic acids is 3. The molecule has 0 aliphatic rings. The van der Waals surface area contributed by atoms with E-state index in [1.165, 1.54) is 13.8 Å². The smallest absolute Gasteiger partial charge is 0.326 e. The van der Waals surface area contributed by atoms with Crippen LogP contribution in [-0.2, 0) is 19.2 Å². The summed E-state index contributed by atoms with van der Waals surface area (Å²) in [5.41, 5.74) is 10.8. The monoisotopic (exact) mass is 375 g/mol. The number of hydrogen-bond acceptors (Lipinski definition) is 7. The van der Waals surface area contributed by atoms with Gasteiger partial charge in [-0.1, -0.05) is 0 Å². The van der Waals surface area contributed by atoms with E-state index in [1.54, 1.807) is 0 Å². The van der Waals surface area contributed by atoms with Crippen LogP contribution in [0.5, 0.6) is 0 Å². The van der Waals surface area contributed by atoms with Crippen molar-refractivity contribution in [1.82, 2.24) is 16.0 Å². The topological polar surface area (TPSA) is 197 Å². The first-order valence-electron chi connectivity index (χ1n) is 8.34. The first-order valence-corrected chi connectivity index (χ1v) is 8.34. The standard InChI is InChI=1S/C15H29N5O6/c1-8(13(23)20-10(15(25)26)5-3-4-6-16)19-11(22)7-18-14(24)12(17)9(2)21/h8-10,12,21H,3-7,16-17H2,1-2H3,(H,18,24)(H,19,22)(H,20,23)(H,25,26). The molecule has 0 aromatic heterocycles. The number of unbranched alkanes of at least 4 members (excludes halogenated alkanes) is 1. The maximum Gasteiger partial charge on any atom is 0.326 e. The predicted octanol–water partition coefficient (Wildman–Crippen LogP) is -2.99. The molecule has 3 amide bonds. The number of nitrogens with one attached hydrogen (secondary N) is 3. The Morgan fingerprint density at radius 3 is 2.15 bits per heavy atom. The lowest BCUT2D eigenvalue weighted by atomic mass is 10.1. The molecular weight excluding hydrogens is 346 g/mol. The highest BCUT2D eigenvalue weighted by Gasteiger charge is 2.24. The lowest BCUT2D eigenvalue weighted by Gasteiger charge is -2.19. The molecule has 11 heteroatoms. The fraction of sp³-hybridized carbons (Fsp3) is 0.733. The zero-order valence-corrected chi connectivity index (χ0v) is 15.0. The minimum absolute atomic E-state index is 0.228. The van der Waals surface area contributed by atoms with Crippen molar-refractivity contribution < 1.29 is 29.4 Å². The number of aliphatic carboxylic acids is 1. The van der Waals surface area contributed by atoms with Gasteiger partial charge in [0.15, 0.2) is 0 Å². The molecule has 150 valence electrons. The van der Waals surface area contributed by atoms with Crippen molar-refractivity contribution in [3.63, 3.8) is 0 Å².